The molecule has 0 saturated carbocycles. The number of rotatable bonds is 4. The zero-order valence-electron chi connectivity index (χ0n) is 13.2. The number of hydrogen-bond acceptors (Lipinski definition) is 5. The molecule has 0 N–H and O–H groups in total. The lowest BCUT2D eigenvalue weighted by Crippen LogP contribution is -2.28. The first-order chi connectivity index (χ1) is 12.1. The van der Waals surface area contributed by atoms with Gasteiger partial charge in [-0.1, -0.05) is 18.2 Å². The molecule has 0 fully saturated rings. The highest BCUT2D eigenvalue weighted by atomic mass is 16.6. The predicted octanol–water partition coefficient (Wildman–Crippen LogP) is 2.64. The Labute approximate surface area is 142 Å². The van der Waals surface area contributed by atoms with Crippen molar-refractivity contribution >= 4 is 17.3 Å². The van der Waals surface area contributed by atoms with Gasteiger partial charge in [-0.2, -0.15) is 5.10 Å². The van der Waals surface area contributed by atoms with Crippen LogP contribution in [0.25, 0.3) is 0 Å². The number of amides is 1. The summed E-state index contributed by atoms with van der Waals surface area (Å²) in [5.41, 5.74) is 1.97. The number of para-hydroxylation sites is 1. The topological polar surface area (TPSA) is 94.4 Å². The maximum absolute atomic E-state index is 12.7. The molecule has 0 aliphatic carbocycles. The summed E-state index contributed by atoms with van der Waals surface area (Å²) in [6, 6.07) is 11.1. The van der Waals surface area contributed by atoms with Crippen molar-refractivity contribution < 1.29 is 14.1 Å². The normalized spacial score (nSPS) is 13.0. The van der Waals surface area contributed by atoms with E-state index in [4.69, 9.17) is 4.42 Å². The Balaban J connectivity index is 1.51. The van der Waals surface area contributed by atoms with Crippen LogP contribution in [0, 0.1) is 10.1 Å². The number of anilines is 1. The van der Waals surface area contributed by atoms with Gasteiger partial charge in [-0.15, -0.1) is 0 Å². The second-order valence-corrected chi connectivity index (χ2v) is 5.75. The molecule has 1 amide bonds. The molecule has 2 aromatic heterocycles. The van der Waals surface area contributed by atoms with Gasteiger partial charge in [0.15, 0.2) is 5.76 Å². The highest BCUT2D eigenvalue weighted by Crippen LogP contribution is 2.29. The van der Waals surface area contributed by atoms with Crippen LogP contribution in [0.4, 0.5) is 11.4 Å². The van der Waals surface area contributed by atoms with Crippen LogP contribution in [0.1, 0.15) is 21.9 Å². The molecule has 0 atom stereocenters. The molecule has 0 spiro atoms. The highest BCUT2D eigenvalue weighted by Gasteiger charge is 2.27. The van der Waals surface area contributed by atoms with Crippen LogP contribution in [0.2, 0.25) is 0 Å². The predicted molar refractivity (Wildman–Crippen MR) is 88.5 cm³/mol. The maximum Gasteiger partial charge on any atom is 0.307 e. The van der Waals surface area contributed by atoms with Gasteiger partial charge >= 0.3 is 5.69 Å². The Morgan fingerprint density at radius 3 is 2.92 bits per heavy atom. The molecule has 1 aromatic carbocycles. The zero-order chi connectivity index (χ0) is 17.4. The molecular formula is C17H14N4O4. The van der Waals surface area contributed by atoms with Gasteiger partial charge in [-0.3, -0.25) is 19.6 Å². The Hall–Kier alpha value is -3.42. The molecule has 1 aliphatic heterocycles. The van der Waals surface area contributed by atoms with Crippen molar-refractivity contribution in [2.24, 2.45) is 0 Å². The Bertz CT molecular complexity index is 959. The first kappa shape index (κ1) is 15.1. The third-order valence-corrected chi connectivity index (χ3v) is 4.15. The van der Waals surface area contributed by atoms with E-state index in [-0.39, 0.29) is 23.9 Å². The smallest absolute Gasteiger partial charge is 0.307 e. The fraction of sp³-hybridized carbons (Fsp3) is 0.176. The van der Waals surface area contributed by atoms with E-state index in [1.807, 2.05) is 24.3 Å². The monoisotopic (exact) mass is 338 g/mol. The highest BCUT2D eigenvalue weighted by molar-refractivity contribution is 6.05. The van der Waals surface area contributed by atoms with Crippen LogP contribution >= 0.6 is 0 Å². The molecule has 3 heterocycles. The third-order valence-electron chi connectivity index (χ3n) is 4.15. The van der Waals surface area contributed by atoms with Gasteiger partial charge in [0.2, 0.25) is 0 Å². The lowest BCUT2D eigenvalue weighted by atomic mass is 10.2. The number of carbonyl (C=O) groups excluding carboxylic acids is 1. The molecule has 0 unspecified atom stereocenters. The van der Waals surface area contributed by atoms with Crippen LogP contribution < -0.4 is 4.90 Å². The number of furan rings is 1. The second-order valence-electron chi connectivity index (χ2n) is 5.75. The van der Waals surface area contributed by atoms with E-state index >= 15 is 0 Å². The summed E-state index contributed by atoms with van der Waals surface area (Å²) in [6.45, 7) is 0.845. The molecule has 0 saturated heterocycles. The van der Waals surface area contributed by atoms with Crippen molar-refractivity contribution in [2.75, 3.05) is 11.4 Å². The zero-order valence-corrected chi connectivity index (χ0v) is 13.2. The summed E-state index contributed by atoms with van der Waals surface area (Å²) in [6.07, 6.45) is 3.32. The number of nitro groups is 1. The molecule has 0 bridgehead atoms. The van der Waals surface area contributed by atoms with Gasteiger partial charge in [0, 0.05) is 12.2 Å². The minimum Gasteiger partial charge on any atom is -0.454 e. The minimum atomic E-state index is -0.509. The number of carbonyl (C=O) groups is 1. The minimum absolute atomic E-state index is 0.0865. The fourth-order valence-corrected chi connectivity index (χ4v) is 2.95. The van der Waals surface area contributed by atoms with E-state index in [1.165, 1.54) is 17.1 Å². The first-order valence-corrected chi connectivity index (χ1v) is 7.77. The van der Waals surface area contributed by atoms with Crippen molar-refractivity contribution in [3.05, 3.63) is 76.0 Å². The summed E-state index contributed by atoms with van der Waals surface area (Å²) in [4.78, 5) is 24.6. The number of aromatic nitrogens is 2. The largest absolute Gasteiger partial charge is 0.454 e. The lowest BCUT2D eigenvalue weighted by Gasteiger charge is -2.15. The van der Waals surface area contributed by atoms with E-state index in [9.17, 15) is 14.9 Å². The molecule has 25 heavy (non-hydrogen) atoms. The SMILES string of the molecule is O=C(c1ccc(Cn2cc([N+](=O)[O-])cn2)o1)N1CCc2ccccc21. The summed E-state index contributed by atoms with van der Waals surface area (Å²) in [7, 11) is 0. The Kier molecular flexibility index (Phi) is 3.57. The van der Waals surface area contributed by atoms with Gasteiger partial charge in [0.1, 0.15) is 18.2 Å². The van der Waals surface area contributed by atoms with Crippen LogP contribution in [-0.2, 0) is 13.0 Å². The average molecular weight is 338 g/mol. The molecule has 8 heteroatoms. The quantitative estimate of drug-likeness (QED) is 0.538. The van der Waals surface area contributed by atoms with Crippen LogP contribution in [0.3, 0.4) is 0 Å². The van der Waals surface area contributed by atoms with E-state index < -0.39 is 4.92 Å². The van der Waals surface area contributed by atoms with Crippen molar-refractivity contribution in [3.8, 4) is 0 Å². The molecule has 0 radical (unpaired) electrons. The van der Waals surface area contributed by atoms with Crippen LogP contribution in [0.5, 0.6) is 0 Å². The van der Waals surface area contributed by atoms with Crippen molar-refractivity contribution in [2.45, 2.75) is 13.0 Å². The second kappa shape index (κ2) is 5.90. The Morgan fingerprint density at radius 2 is 2.12 bits per heavy atom. The fourth-order valence-electron chi connectivity index (χ4n) is 2.95. The average Bonchev–Trinajstić information content (AvgIpc) is 3.34. The van der Waals surface area contributed by atoms with Gasteiger partial charge in [-0.05, 0) is 30.2 Å². The molecule has 126 valence electrons. The van der Waals surface area contributed by atoms with E-state index in [1.54, 1.807) is 17.0 Å². The van der Waals surface area contributed by atoms with E-state index in [0.29, 0.717) is 12.3 Å². The third kappa shape index (κ3) is 2.78. The number of benzene rings is 1. The van der Waals surface area contributed by atoms with Gasteiger partial charge < -0.3 is 9.32 Å². The molecule has 4 rings (SSSR count). The van der Waals surface area contributed by atoms with Crippen LogP contribution in [0.15, 0.2) is 53.2 Å². The standard InChI is InChI=1S/C17H14N4O4/c22-17(20-8-7-12-3-1-2-4-15(12)20)16-6-5-14(25-16)11-19-10-13(9-18-19)21(23)24/h1-6,9-10H,7-8,11H2. The first-order valence-electron chi connectivity index (χ1n) is 7.77. The lowest BCUT2D eigenvalue weighted by molar-refractivity contribution is -0.385. The maximum atomic E-state index is 12.7. The van der Waals surface area contributed by atoms with Gasteiger partial charge in [0.05, 0.1) is 11.5 Å². The molecule has 1 aliphatic rings. The van der Waals surface area contributed by atoms with Crippen molar-refractivity contribution in [3.63, 3.8) is 0 Å². The molecule has 8 nitrogen and oxygen atoms in total. The summed E-state index contributed by atoms with van der Waals surface area (Å²) < 4.78 is 7.02. The summed E-state index contributed by atoms with van der Waals surface area (Å²) in [5, 5.41) is 14.6. The number of hydrogen-bond donors (Lipinski definition) is 0. The van der Waals surface area contributed by atoms with Crippen LogP contribution in [-0.4, -0.2) is 27.2 Å². The number of fused-ring (bicyclic) bond motifs is 1. The molecule has 3 aromatic rings. The van der Waals surface area contributed by atoms with Gasteiger partial charge in [-0.25, -0.2) is 0 Å². The Morgan fingerprint density at radius 1 is 1.28 bits per heavy atom. The van der Waals surface area contributed by atoms with E-state index in [0.717, 1.165) is 17.7 Å². The summed E-state index contributed by atoms with van der Waals surface area (Å²) >= 11 is 0. The van der Waals surface area contributed by atoms with E-state index in [2.05, 4.69) is 5.10 Å². The van der Waals surface area contributed by atoms with Gasteiger partial charge in [0.25, 0.3) is 5.91 Å². The number of nitrogens with zero attached hydrogens (tertiary/aromatic N) is 4. The van der Waals surface area contributed by atoms with Crippen molar-refractivity contribution in [1.29, 1.82) is 0 Å². The molecular weight excluding hydrogens is 324 g/mol. The van der Waals surface area contributed by atoms with Crippen molar-refractivity contribution in [1.82, 2.24) is 9.78 Å². The summed E-state index contributed by atoms with van der Waals surface area (Å²) in [5.74, 6) is 0.560.